The van der Waals surface area contributed by atoms with E-state index in [9.17, 15) is 32.7 Å². The molecule has 3 saturated carbocycles. The standard InChI is InChI=1S/C29H47N5O7S/c1-28(2,3)23(32-27(39)33-29(17-42(40)41)13-5-4-6-14-29)26(38)34-15-7-8-21(34)24(36)31-20(16-18-9-10-18)22(35)25(37)30-19-11-12-19/h18-21,23H,4-17H2,1-3H3,(H,30,37)(H,31,36)(H,40,41)(H2,32,33,39)/t20-,21-,23+/m0/s1. The molecule has 5 N–H and O–H groups in total. The number of carbonyl (C=O) groups is 5. The van der Waals surface area contributed by atoms with Gasteiger partial charge in [0.15, 0.2) is 11.1 Å². The molecular formula is C29H47N5O7S. The summed E-state index contributed by atoms with van der Waals surface area (Å²) in [4.78, 5) is 67.6. The number of rotatable bonds is 12. The van der Waals surface area contributed by atoms with E-state index in [1.807, 2.05) is 20.8 Å². The van der Waals surface area contributed by atoms with Crippen LogP contribution in [0.15, 0.2) is 0 Å². The Kier molecular flexibility index (Phi) is 10.3. The number of nitrogens with zero attached hydrogens (tertiary/aromatic N) is 1. The summed E-state index contributed by atoms with van der Waals surface area (Å²) in [5, 5.41) is 11.2. The van der Waals surface area contributed by atoms with E-state index in [1.54, 1.807) is 0 Å². The SMILES string of the molecule is CC(C)(C)[C@H](NC(=O)NC1(CS(=O)O)CCCCC1)C(=O)N1CCC[C@H]1C(=O)N[C@@H](CC1CC1)C(=O)C(=O)NC1CC1. The highest BCUT2D eigenvalue weighted by Gasteiger charge is 2.44. The van der Waals surface area contributed by atoms with Gasteiger partial charge in [-0.2, -0.15) is 0 Å². The van der Waals surface area contributed by atoms with Crippen molar-refractivity contribution in [1.29, 1.82) is 0 Å². The van der Waals surface area contributed by atoms with Gasteiger partial charge in [0.2, 0.25) is 17.6 Å². The quantitative estimate of drug-likeness (QED) is 0.166. The molecular weight excluding hydrogens is 562 g/mol. The van der Waals surface area contributed by atoms with Crippen LogP contribution >= 0.6 is 0 Å². The van der Waals surface area contributed by atoms with Crippen molar-refractivity contribution in [1.82, 2.24) is 26.2 Å². The minimum atomic E-state index is -2.09. The minimum absolute atomic E-state index is 0.0273. The molecule has 0 aromatic rings. The fourth-order valence-electron chi connectivity index (χ4n) is 6.12. The van der Waals surface area contributed by atoms with Crippen LogP contribution in [0.4, 0.5) is 4.79 Å². The van der Waals surface area contributed by atoms with Crippen molar-refractivity contribution < 1.29 is 32.7 Å². The molecule has 0 aromatic carbocycles. The Bertz CT molecular complexity index is 1080. The fraction of sp³-hybridized carbons (Fsp3) is 0.828. The van der Waals surface area contributed by atoms with Crippen LogP contribution in [0.5, 0.6) is 0 Å². The summed E-state index contributed by atoms with van der Waals surface area (Å²) in [5.74, 6) is -1.99. The van der Waals surface area contributed by atoms with Crippen molar-refractivity contribution in [3.05, 3.63) is 0 Å². The molecule has 42 heavy (non-hydrogen) atoms. The molecule has 0 aromatic heterocycles. The van der Waals surface area contributed by atoms with Gasteiger partial charge < -0.3 is 30.7 Å². The van der Waals surface area contributed by atoms with E-state index < -0.39 is 69.7 Å². The summed E-state index contributed by atoms with van der Waals surface area (Å²) in [6.07, 6.45) is 8.80. The number of Topliss-reactive ketones (excluding diaryl/α,β-unsaturated/α-hetero) is 1. The summed E-state index contributed by atoms with van der Waals surface area (Å²) >= 11 is -2.09. The van der Waals surface area contributed by atoms with Gasteiger partial charge in [-0.05, 0) is 56.3 Å². The highest BCUT2D eigenvalue weighted by Crippen LogP contribution is 2.34. The fourth-order valence-corrected chi connectivity index (χ4v) is 6.96. The molecule has 3 aliphatic carbocycles. The second-order valence-corrected chi connectivity index (χ2v) is 14.7. The number of carbonyl (C=O) groups excluding carboxylic acids is 5. The van der Waals surface area contributed by atoms with Crippen LogP contribution in [-0.2, 0) is 30.3 Å². The first-order valence-corrected chi connectivity index (χ1v) is 16.7. The monoisotopic (exact) mass is 609 g/mol. The predicted molar refractivity (Wildman–Crippen MR) is 157 cm³/mol. The van der Waals surface area contributed by atoms with Crippen LogP contribution in [0.3, 0.4) is 0 Å². The van der Waals surface area contributed by atoms with Gasteiger partial charge in [-0.15, -0.1) is 0 Å². The molecule has 0 bridgehead atoms. The molecule has 236 valence electrons. The third kappa shape index (κ3) is 8.75. The number of hydrogen-bond acceptors (Lipinski definition) is 6. The van der Waals surface area contributed by atoms with Gasteiger partial charge >= 0.3 is 6.03 Å². The summed E-state index contributed by atoms with van der Waals surface area (Å²) in [6, 6.07) is -3.30. The first-order valence-electron chi connectivity index (χ1n) is 15.4. The molecule has 12 nitrogen and oxygen atoms in total. The lowest BCUT2D eigenvalue weighted by molar-refractivity contribution is -0.144. The van der Waals surface area contributed by atoms with Crippen LogP contribution < -0.4 is 21.3 Å². The topological polar surface area (TPSA) is 174 Å². The maximum atomic E-state index is 13.9. The zero-order chi connectivity index (χ0) is 30.7. The molecule has 1 heterocycles. The van der Waals surface area contributed by atoms with E-state index in [0.29, 0.717) is 38.6 Å². The number of nitrogens with one attached hydrogen (secondary N) is 4. The Morgan fingerprint density at radius 1 is 0.952 bits per heavy atom. The third-order valence-corrected chi connectivity index (χ3v) is 9.65. The molecule has 5 amide bonds. The molecule has 4 aliphatic rings. The lowest BCUT2D eigenvalue weighted by Crippen LogP contribution is -2.63. The largest absolute Gasteiger partial charge is 0.347 e. The summed E-state index contributed by atoms with van der Waals surface area (Å²) in [7, 11) is 0. The van der Waals surface area contributed by atoms with Crippen LogP contribution in [-0.4, -0.2) is 85.2 Å². The van der Waals surface area contributed by atoms with Crippen molar-refractivity contribution in [2.75, 3.05) is 12.3 Å². The van der Waals surface area contributed by atoms with E-state index in [-0.39, 0.29) is 17.7 Å². The third-order valence-electron chi connectivity index (χ3n) is 8.85. The lowest BCUT2D eigenvalue weighted by Gasteiger charge is -2.39. The Labute approximate surface area is 250 Å². The van der Waals surface area contributed by atoms with Crippen LogP contribution in [0, 0.1) is 11.3 Å². The van der Waals surface area contributed by atoms with Gasteiger partial charge in [-0.3, -0.25) is 19.2 Å². The van der Waals surface area contributed by atoms with E-state index >= 15 is 0 Å². The molecule has 13 heteroatoms. The minimum Gasteiger partial charge on any atom is -0.347 e. The van der Waals surface area contributed by atoms with E-state index in [1.165, 1.54) is 4.90 Å². The first-order chi connectivity index (χ1) is 19.8. The Morgan fingerprint density at radius 3 is 2.19 bits per heavy atom. The Hall–Kier alpha value is -2.54. The number of hydrogen-bond donors (Lipinski definition) is 5. The molecule has 1 aliphatic heterocycles. The Balaban J connectivity index is 1.43. The predicted octanol–water partition coefficient (Wildman–Crippen LogP) is 1.75. The van der Waals surface area contributed by atoms with Crippen molar-refractivity contribution in [2.45, 2.75) is 128 Å². The molecule has 1 saturated heterocycles. The van der Waals surface area contributed by atoms with E-state index in [4.69, 9.17) is 0 Å². The average molecular weight is 610 g/mol. The summed E-state index contributed by atoms with van der Waals surface area (Å²) < 4.78 is 21.3. The second kappa shape index (κ2) is 13.4. The lowest BCUT2D eigenvalue weighted by atomic mass is 9.83. The van der Waals surface area contributed by atoms with Crippen molar-refractivity contribution >= 4 is 40.6 Å². The first kappa shape index (κ1) is 32.4. The van der Waals surface area contributed by atoms with Gasteiger partial charge in [0.25, 0.3) is 5.91 Å². The van der Waals surface area contributed by atoms with Crippen molar-refractivity contribution in [3.8, 4) is 0 Å². The molecule has 0 spiro atoms. The van der Waals surface area contributed by atoms with Gasteiger partial charge in [0.05, 0.1) is 17.3 Å². The molecule has 4 fully saturated rings. The van der Waals surface area contributed by atoms with Gasteiger partial charge in [0, 0.05) is 12.6 Å². The molecule has 4 atom stereocenters. The summed E-state index contributed by atoms with van der Waals surface area (Å²) in [6.45, 7) is 5.79. The summed E-state index contributed by atoms with van der Waals surface area (Å²) in [5.41, 5.74) is -1.53. The average Bonchev–Trinajstić information content (AvgIpc) is 3.84. The van der Waals surface area contributed by atoms with Crippen molar-refractivity contribution in [2.24, 2.45) is 11.3 Å². The number of urea groups is 1. The second-order valence-electron chi connectivity index (χ2n) is 13.7. The van der Waals surface area contributed by atoms with Crippen LogP contribution in [0.2, 0.25) is 0 Å². The normalized spacial score (nSPS) is 24.2. The van der Waals surface area contributed by atoms with Gasteiger partial charge in [0.1, 0.15) is 12.1 Å². The maximum Gasteiger partial charge on any atom is 0.315 e. The maximum absolute atomic E-state index is 13.9. The zero-order valence-corrected chi connectivity index (χ0v) is 25.9. The molecule has 1 unspecified atom stereocenters. The number of ketones is 1. The number of amides is 5. The highest BCUT2D eigenvalue weighted by atomic mass is 32.2. The van der Waals surface area contributed by atoms with Gasteiger partial charge in [-0.25, -0.2) is 9.00 Å². The highest BCUT2D eigenvalue weighted by molar-refractivity contribution is 7.79. The van der Waals surface area contributed by atoms with Crippen molar-refractivity contribution in [3.63, 3.8) is 0 Å². The Morgan fingerprint density at radius 2 is 1.62 bits per heavy atom. The molecule has 4 rings (SSSR count). The van der Waals surface area contributed by atoms with E-state index in [2.05, 4.69) is 21.3 Å². The zero-order valence-electron chi connectivity index (χ0n) is 25.0. The van der Waals surface area contributed by atoms with Crippen LogP contribution in [0.25, 0.3) is 0 Å². The van der Waals surface area contributed by atoms with Gasteiger partial charge in [-0.1, -0.05) is 52.9 Å². The van der Waals surface area contributed by atoms with Crippen LogP contribution in [0.1, 0.15) is 97.8 Å². The number of likely N-dealkylation sites (tertiary alicyclic amines) is 1. The molecule has 0 radical (unpaired) electrons. The smallest absolute Gasteiger partial charge is 0.315 e. The van der Waals surface area contributed by atoms with E-state index in [0.717, 1.165) is 44.9 Å².